The third kappa shape index (κ3) is 4.19. The molecule has 2 N–H and O–H groups in total. The van der Waals surface area contributed by atoms with Gasteiger partial charge in [0.1, 0.15) is 5.82 Å². The zero-order valence-electron chi connectivity index (χ0n) is 19.1. The number of amides is 2. The normalized spacial score (nSPS) is 10.9. The molecule has 4 aromatic rings. The van der Waals surface area contributed by atoms with Gasteiger partial charge in [-0.25, -0.2) is 9.07 Å². The van der Waals surface area contributed by atoms with Crippen LogP contribution in [0.5, 0.6) is 0 Å². The van der Waals surface area contributed by atoms with E-state index in [0.29, 0.717) is 40.7 Å². The third-order valence-electron chi connectivity index (χ3n) is 5.57. The lowest BCUT2D eigenvalue weighted by Crippen LogP contribution is -2.43. The number of fused-ring (bicyclic) bond motifs is 1. The maximum absolute atomic E-state index is 13.3. The molecule has 2 amide bonds. The highest BCUT2D eigenvalue weighted by Crippen LogP contribution is 2.21. The Kier molecular flexibility index (Phi) is 6.27. The first kappa shape index (κ1) is 22.9. The standard InChI is InChI=1S/C25H24FN5O3/c1-4-13-30-25(34)20-8-6-5-7-19(20)22(29-30)24(33)28-27-23(32)21-14-15(2)31(16(21)3)18-11-9-17(26)10-12-18/h5-12,14H,4,13H2,1-3H3,(H,27,32)(H,28,33). The molecular weight excluding hydrogens is 437 g/mol. The highest BCUT2D eigenvalue weighted by Gasteiger charge is 2.20. The average molecular weight is 461 g/mol. The minimum absolute atomic E-state index is 0.0423. The largest absolute Gasteiger partial charge is 0.318 e. The van der Waals surface area contributed by atoms with Gasteiger partial charge in [0.05, 0.1) is 10.9 Å². The molecule has 174 valence electrons. The van der Waals surface area contributed by atoms with Gasteiger partial charge in [-0.3, -0.25) is 25.2 Å². The lowest BCUT2D eigenvalue weighted by atomic mass is 10.1. The second-order valence-corrected chi connectivity index (χ2v) is 7.93. The maximum Gasteiger partial charge on any atom is 0.290 e. The van der Waals surface area contributed by atoms with E-state index in [1.54, 1.807) is 49.4 Å². The van der Waals surface area contributed by atoms with Gasteiger partial charge < -0.3 is 4.57 Å². The Bertz CT molecular complexity index is 1450. The molecule has 0 saturated carbocycles. The van der Waals surface area contributed by atoms with E-state index in [9.17, 15) is 18.8 Å². The number of aryl methyl sites for hydroxylation is 2. The van der Waals surface area contributed by atoms with E-state index in [-0.39, 0.29) is 17.1 Å². The number of halogens is 1. The molecule has 0 unspecified atom stereocenters. The summed E-state index contributed by atoms with van der Waals surface area (Å²) in [6.45, 7) is 5.87. The number of nitrogens with zero attached hydrogens (tertiary/aromatic N) is 3. The number of nitrogens with one attached hydrogen (secondary N) is 2. The van der Waals surface area contributed by atoms with Gasteiger partial charge in [0.15, 0.2) is 5.69 Å². The Hall–Kier alpha value is -4.27. The van der Waals surface area contributed by atoms with Crippen molar-refractivity contribution in [2.75, 3.05) is 0 Å². The zero-order valence-corrected chi connectivity index (χ0v) is 19.1. The molecule has 34 heavy (non-hydrogen) atoms. The molecule has 0 radical (unpaired) electrons. The number of carbonyl (C=O) groups is 2. The second-order valence-electron chi connectivity index (χ2n) is 7.93. The Balaban J connectivity index is 1.59. The van der Waals surface area contributed by atoms with E-state index in [1.807, 2.05) is 18.4 Å². The summed E-state index contributed by atoms with van der Waals surface area (Å²) in [4.78, 5) is 38.4. The Labute approximate surface area is 195 Å². The lowest BCUT2D eigenvalue weighted by Gasteiger charge is -2.12. The van der Waals surface area contributed by atoms with Crippen LogP contribution in [0, 0.1) is 19.7 Å². The van der Waals surface area contributed by atoms with Gasteiger partial charge in [-0.2, -0.15) is 5.10 Å². The van der Waals surface area contributed by atoms with Crippen molar-refractivity contribution in [3.8, 4) is 5.69 Å². The lowest BCUT2D eigenvalue weighted by molar-refractivity contribution is 0.0843. The van der Waals surface area contributed by atoms with E-state index >= 15 is 0 Å². The Morgan fingerprint density at radius 3 is 2.29 bits per heavy atom. The van der Waals surface area contributed by atoms with Gasteiger partial charge >= 0.3 is 0 Å². The van der Waals surface area contributed by atoms with Crippen molar-refractivity contribution in [2.45, 2.75) is 33.7 Å². The summed E-state index contributed by atoms with van der Waals surface area (Å²) in [5.74, 6) is -1.50. The number of benzene rings is 2. The smallest absolute Gasteiger partial charge is 0.290 e. The molecule has 4 rings (SSSR count). The van der Waals surface area contributed by atoms with Crippen LogP contribution in [-0.4, -0.2) is 26.2 Å². The van der Waals surface area contributed by atoms with E-state index in [2.05, 4.69) is 16.0 Å². The fourth-order valence-corrected chi connectivity index (χ4v) is 3.99. The van der Waals surface area contributed by atoms with Crippen LogP contribution in [0.2, 0.25) is 0 Å². The Morgan fingerprint density at radius 1 is 0.971 bits per heavy atom. The van der Waals surface area contributed by atoms with Crippen LogP contribution in [0.3, 0.4) is 0 Å². The topological polar surface area (TPSA) is 98.0 Å². The molecule has 0 aliphatic carbocycles. The number of aromatic nitrogens is 3. The molecule has 0 fully saturated rings. The van der Waals surface area contributed by atoms with Gasteiger partial charge in [-0.15, -0.1) is 0 Å². The predicted molar refractivity (Wildman–Crippen MR) is 126 cm³/mol. The highest BCUT2D eigenvalue weighted by molar-refractivity contribution is 6.06. The van der Waals surface area contributed by atoms with Crippen LogP contribution in [0.4, 0.5) is 4.39 Å². The van der Waals surface area contributed by atoms with Crippen LogP contribution < -0.4 is 16.4 Å². The molecule has 0 aliphatic heterocycles. The molecule has 0 spiro atoms. The minimum atomic E-state index is -0.637. The van der Waals surface area contributed by atoms with Crippen molar-refractivity contribution in [3.05, 3.63) is 93.4 Å². The van der Waals surface area contributed by atoms with Crippen molar-refractivity contribution < 1.29 is 14.0 Å². The third-order valence-corrected chi connectivity index (χ3v) is 5.57. The Morgan fingerprint density at radius 2 is 1.62 bits per heavy atom. The molecule has 0 atom stereocenters. The van der Waals surface area contributed by atoms with Crippen LogP contribution in [-0.2, 0) is 6.54 Å². The van der Waals surface area contributed by atoms with Crippen LogP contribution in [0.1, 0.15) is 45.6 Å². The van der Waals surface area contributed by atoms with E-state index in [1.165, 1.54) is 16.8 Å². The second kappa shape index (κ2) is 9.30. The van der Waals surface area contributed by atoms with Gasteiger partial charge in [-0.05, 0) is 56.7 Å². The highest BCUT2D eigenvalue weighted by atomic mass is 19.1. The predicted octanol–water partition coefficient (Wildman–Crippen LogP) is 3.43. The molecular formula is C25H24FN5O3. The summed E-state index contributed by atoms with van der Waals surface area (Å²) in [5, 5.41) is 5.01. The molecule has 2 aromatic heterocycles. The van der Waals surface area contributed by atoms with Crippen molar-refractivity contribution in [3.63, 3.8) is 0 Å². The summed E-state index contributed by atoms with van der Waals surface area (Å²) in [6.07, 6.45) is 0.673. The monoisotopic (exact) mass is 461 g/mol. The van der Waals surface area contributed by atoms with Gasteiger partial charge in [0.2, 0.25) is 0 Å². The summed E-state index contributed by atoms with van der Waals surface area (Å²) in [6, 6.07) is 14.4. The van der Waals surface area contributed by atoms with E-state index in [4.69, 9.17) is 0 Å². The number of rotatable bonds is 5. The first-order valence-corrected chi connectivity index (χ1v) is 10.9. The summed E-state index contributed by atoms with van der Waals surface area (Å²) in [7, 11) is 0. The molecule has 9 heteroatoms. The SMILES string of the molecule is CCCn1nc(C(=O)NNC(=O)c2cc(C)n(-c3ccc(F)cc3)c2C)c2ccccc2c1=O. The van der Waals surface area contributed by atoms with Crippen LogP contribution in [0.15, 0.2) is 59.4 Å². The average Bonchev–Trinajstić information content (AvgIpc) is 3.13. The molecule has 2 aromatic carbocycles. The van der Waals surface area contributed by atoms with E-state index < -0.39 is 11.8 Å². The van der Waals surface area contributed by atoms with E-state index in [0.717, 1.165) is 5.69 Å². The number of hydrogen-bond donors (Lipinski definition) is 2. The quantitative estimate of drug-likeness (QED) is 0.445. The van der Waals surface area contributed by atoms with Gasteiger partial charge in [0.25, 0.3) is 17.4 Å². The van der Waals surface area contributed by atoms with Crippen molar-refractivity contribution in [1.29, 1.82) is 0 Å². The van der Waals surface area contributed by atoms with Crippen molar-refractivity contribution in [1.82, 2.24) is 25.2 Å². The first-order chi connectivity index (χ1) is 16.3. The minimum Gasteiger partial charge on any atom is -0.318 e. The molecule has 0 saturated heterocycles. The fraction of sp³-hybridized carbons (Fsp3) is 0.200. The van der Waals surface area contributed by atoms with Gasteiger partial charge in [-0.1, -0.05) is 25.1 Å². The van der Waals surface area contributed by atoms with Gasteiger partial charge in [0, 0.05) is 29.0 Å². The van der Waals surface area contributed by atoms with Crippen molar-refractivity contribution >= 4 is 22.6 Å². The maximum atomic E-state index is 13.3. The molecule has 8 nitrogen and oxygen atoms in total. The molecule has 0 aliphatic rings. The van der Waals surface area contributed by atoms with Crippen LogP contribution in [0.25, 0.3) is 16.5 Å². The first-order valence-electron chi connectivity index (χ1n) is 10.9. The number of carbonyl (C=O) groups excluding carboxylic acids is 2. The summed E-state index contributed by atoms with van der Waals surface area (Å²) < 4.78 is 16.4. The number of hydrogen-bond acceptors (Lipinski definition) is 4. The summed E-state index contributed by atoms with van der Waals surface area (Å²) in [5.41, 5.74) is 7.09. The zero-order chi connectivity index (χ0) is 24.4. The fourth-order valence-electron chi connectivity index (χ4n) is 3.99. The molecule has 2 heterocycles. The van der Waals surface area contributed by atoms with Crippen molar-refractivity contribution in [2.24, 2.45) is 0 Å². The molecule has 0 bridgehead atoms. The van der Waals surface area contributed by atoms with Crippen LogP contribution >= 0.6 is 0 Å². The number of hydrazine groups is 1. The summed E-state index contributed by atoms with van der Waals surface area (Å²) >= 11 is 0.